The minimum absolute atomic E-state index is 0.676. The second-order valence-electron chi connectivity index (χ2n) is 6.04. The largest absolute Gasteiger partial charge is 0.308 e. The second-order valence-corrected chi connectivity index (χ2v) is 6.92. The number of thiazole rings is 1. The number of aromatic nitrogens is 2. The van der Waals surface area contributed by atoms with Crippen molar-refractivity contribution in [2.75, 3.05) is 0 Å². The summed E-state index contributed by atoms with van der Waals surface area (Å²) in [4.78, 5) is 5.72. The predicted molar refractivity (Wildman–Crippen MR) is 80.6 cm³/mol. The maximum absolute atomic E-state index is 4.61. The second kappa shape index (κ2) is 5.25. The van der Waals surface area contributed by atoms with Crippen LogP contribution in [0.15, 0.2) is 11.6 Å². The Bertz CT molecular complexity index is 557. The standard InChI is InChI=1S/C15H23N3S/c1-10-4-5-13(8-11(10)2)16-9-14-12(3)17-15-18(14)6-7-19-15/h6-7,10-11,13,16H,4-5,8-9H2,1-3H3. The van der Waals surface area contributed by atoms with Gasteiger partial charge in [-0.25, -0.2) is 4.98 Å². The third-order valence-electron chi connectivity index (χ3n) is 4.72. The molecule has 0 saturated heterocycles. The van der Waals surface area contributed by atoms with Gasteiger partial charge in [-0.05, 0) is 38.0 Å². The molecule has 2 heterocycles. The van der Waals surface area contributed by atoms with Crippen LogP contribution in [-0.4, -0.2) is 15.4 Å². The average Bonchev–Trinajstić information content (AvgIpc) is 2.92. The number of rotatable bonds is 3. The lowest BCUT2D eigenvalue weighted by atomic mass is 9.79. The van der Waals surface area contributed by atoms with Gasteiger partial charge in [-0.1, -0.05) is 13.8 Å². The molecule has 2 aromatic rings. The molecule has 0 spiro atoms. The quantitative estimate of drug-likeness (QED) is 0.928. The number of nitrogens with one attached hydrogen (secondary N) is 1. The summed E-state index contributed by atoms with van der Waals surface area (Å²) in [6.45, 7) is 7.83. The Kier molecular flexibility index (Phi) is 3.63. The van der Waals surface area contributed by atoms with Crippen LogP contribution in [0.4, 0.5) is 0 Å². The zero-order valence-corrected chi connectivity index (χ0v) is 12.8. The number of fused-ring (bicyclic) bond motifs is 1. The first-order valence-corrected chi connectivity index (χ1v) is 8.17. The molecule has 19 heavy (non-hydrogen) atoms. The summed E-state index contributed by atoms with van der Waals surface area (Å²) in [6, 6.07) is 0.676. The molecule has 1 saturated carbocycles. The minimum Gasteiger partial charge on any atom is -0.308 e. The fourth-order valence-corrected chi connectivity index (χ4v) is 3.91. The maximum Gasteiger partial charge on any atom is 0.194 e. The van der Waals surface area contributed by atoms with Gasteiger partial charge in [0.1, 0.15) is 0 Å². The molecule has 1 aliphatic rings. The highest BCUT2D eigenvalue weighted by Gasteiger charge is 2.24. The van der Waals surface area contributed by atoms with Crippen LogP contribution in [0.5, 0.6) is 0 Å². The summed E-state index contributed by atoms with van der Waals surface area (Å²) < 4.78 is 2.22. The molecule has 1 aliphatic carbocycles. The van der Waals surface area contributed by atoms with E-state index in [1.807, 2.05) is 0 Å². The molecule has 0 aliphatic heterocycles. The number of nitrogens with zero attached hydrogens (tertiary/aromatic N) is 2. The number of imidazole rings is 1. The molecule has 0 aromatic carbocycles. The fraction of sp³-hybridized carbons (Fsp3) is 0.667. The van der Waals surface area contributed by atoms with Crippen LogP contribution in [0.2, 0.25) is 0 Å². The van der Waals surface area contributed by atoms with Gasteiger partial charge in [0.25, 0.3) is 0 Å². The Morgan fingerprint density at radius 3 is 3.00 bits per heavy atom. The van der Waals surface area contributed by atoms with Crippen molar-refractivity contribution < 1.29 is 0 Å². The van der Waals surface area contributed by atoms with Gasteiger partial charge in [0.15, 0.2) is 4.96 Å². The van der Waals surface area contributed by atoms with E-state index < -0.39 is 0 Å². The summed E-state index contributed by atoms with van der Waals surface area (Å²) in [5.41, 5.74) is 2.49. The van der Waals surface area contributed by atoms with Gasteiger partial charge in [-0.15, -0.1) is 11.3 Å². The van der Waals surface area contributed by atoms with Crippen molar-refractivity contribution in [3.05, 3.63) is 23.0 Å². The van der Waals surface area contributed by atoms with Crippen molar-refractivity contribution in [1.29, 1.82) is 0 Å². The summed E-state index contributed by atoms with van der Waals surface area (Å²) >= 11 is 1.71. The Morgan fingerprint density at radius 2 is 2.21 bits per heavy atom. The van der Waals surface area contributed by atoms with Gasteiger partial charge in [0, 0.05) is 24.2 Å². The molecule has 1 fully saturated rings. The van der Waals surface area contributed by atoms with Gasteiger partial charge in [-0.2, -0.15) is 0 Å². The highest BCUT2D eigenvalue weighted by Crippen LogP contribution is 2.29. The summed E-state index contributed by atoms with van der Waals surface area (Å²) in [5, 5.41) is 5.85. The van der Waals surface area contributed by atoms with Gasteiger partial charge in [0.2, 0.25) is 0 Å². The van der Waals surface area contributed by atoms with E-state index in [4.69, 9.17) is 0 Å². The molecule has 3 rings (SSSR count). The molecule has 2 aromatic heterocycles. The maximum atomic E-state index is 4.61. The lowest BCUT2D eigenvalue weighted by Crippen LogP contribution is -2.36. The molecule has 0 radical (unpaired) electrons. The van der Waals surface area contributed by atoms with E-state index in [-0.39, 0.29) is 0 Å². The van der Waals surface area contributed by atoms with Crippen LogP contribution in [0.25, 0.3) is 4.96 Å². The van der Waals surface area contributed by atoms with E-state index in [2.05, 4.69) is 47.0 Å². The summed E-state index contributed by atoms with van der Waals surface area (Å²) in [5.74, 6) is 1.73. The lowest BCUT2D eigenvalue weighted by Gasteiger charge is -2.32. The normalized spacial score (nSPS) is 28.1. The first kappa shape index (κ1) is 13.1. The van der Waals surface area contributed by atoms with Gasteiger partial charge >= 0.3 is 0 Å². The molecule has 0 bridgehead atoms. The molecular weight excluding hydrogens is 254 g/mol. The minimum atomic E-state index is 0.676. The van der Waals surface area contributed by atoms with Crippen molar-refractivity contribution in [2.24, 2.45) is 11.8 Å². The molecular formula is C15H23N3S. The molecule has 4 heteroatoms. The van der Waals surface area contributed by atoms with E-state index in [0.717, 1.165) is 29.0 Å². The van der Waals surface area contributed by atoms with Crippen LogP contribution in [0, 0.1) is 18.8 Å². The van der Waals surface area contributed by atoms with Crippen molar-refractivity contribution in [1.82, 2.24) is 14.7 Å². The Balaban J connectivity index is 1.66. The first-order chi connectivity index (χ1) is 9.15. The van der Waals surface area contributed by atoms with Crippen molar-refractivity contribution >= 4 is 16.3 Å². The third-order valence-corrected chi connectivity index (χ3v) is 5.47. The number of hydrogen-bond acceptors (Lipinski definition) is 3. The highest BCUT2D eigenvalue weighted by molar-refractivity contribution is 7.15. The van der Waals surface area contributed by atoms with E-state index in [0.29, 0.717) is 6.04 Å². The first-order valence-electron chi connectivity index (χ1n) is 7.29. The van der Waals surface area contributed by atoms with E-state index >= 15 is 0 Å². The molecule has 3 nitrogen and oxygen atoms in total. The number of hydrogen-bond donors (Lipinski definition) is 1. The smallest absolute Gasteiger partial charge is 0.194 e. The Hall–Kier alpha value is -0.870. The summed E-state index contributed by atoms with van der Waals surface area (Å²) in [6.07, 6.45) is 6.11. The van der Waals surface area contributed by atoms with E-state index in [9.17, 15) is 0 Å². The fourth-order valence-electron chi connectivity index (χ4n) is 3.13. The zero-order valence-electron chi connectivity index (χ0n) is 12.0. The van der Waals surface area contributed by atoms with E-state index in [1.54, 1.807) is 11.3 Å². The Labute approximate surface area is 119 Å². The van der Waals surface area contributed by atoms with Crippen molar-refractivity contribution in [3.63, 3.8) is 0 Å². The molecule has 0 amide bonds. The van der Waals surface area contributed by atoms with Crippen LogP contribution < -0.4 is 5.32 Å². The summed E-state index contributed by atoms with van der Waals surface area (Å²) in [7, 11) is 0. The van der Waals surface area contributed by atoms with Gasteiger partial charge in [0.05, 0.1) is 11.4 Å². The van der Waals surface area contributed by atoms with Gasteiger partial charge in [-0.3, -0.25) is 4.40 Å². The molecule has 3 unspecified atom stereocenters. The van der Waals surface area contributed by atoms with Crippen LogP contribution in [0.3, 0.4) is 0 Å². The van der Waals surface area contributed by atoms with Crippen molar-refractivity contribution in [3.8, 4) is 0 Å². The number of aryl methyl sites for hydroxylation is 1. The van der Waals surface area contributed by atoms with Crippen LogP contribution >= 0.6 is 11.3 Å². The van der Waals surface area contributed by atoms with Gasteiger partial charge < -0.3 is 5.32 Å². The SMILES string of the molecule is Cc1nc2sccn2c1CNC1CCC(C)C(C)C1. The molecule has 104 valence electrons. The average molecular weight is 277 g/mol. The Morgan fingerprint density at radius 1 is 1.37 bits per heavy atom. The van der Waals surface area contributed by atoms with Crippen LogP contribution in [-0.2, 0) is 6.54 Å². The third kappa shape index (κ3) is 2.56. The molecule has 1 N–H and O–H groups in total. The van der Waals surface area contributed by atoms with Crippen LogP contribution in [0.1, 0.15) is 44.5 Å². The zero-order chi connectivity index (χ0) is 13.4. The van der Waals surface area contributed by atoms with E-state index in [1.165, 1.54) is 25.0 Å². The predicted octanol–water partition coefficient (Wildman–Crippen LogP) is 3.62. The topological polar surface area (TPSA) is 29.3 Å². The van der Waals surface area contributed by atoms with Crippen molar-refractivity contribution in [2.45, 2.75) is 52.6 Å². The lowest BCUT2D eigenvalue weighted by molar-refractivity contribution is 0.225. The monoisotopic (exact) mass is 277 g/mol. The highest BCUT2D eigenvalue weighted by atomic mass is 32.1. The molecule has 3 atom stereocenters.